The van der Waals surface area contributed by atoms with Gasteiger partial charge in [0.25, 0.3) is 11.4 Å². The molecule has 0 fully saturated rings. The van der Waals surface area contributed by atoms with Crippen LogP contribution in [-0.4, -0.2) is 23.2 Å². The van der Waals surface area contributed by atoms with Crippen molar-refractivity contribution in [3.63, 3.8) is 0 Å². The van der Waals surface area contributed by atoms with Gasteiger partial charge in [0.2, 0.25) is 0 Å². The first-order valence-electron chi connectivity index (χ1n) is 8.06. The average molecular weight is 400 g/mol. The van der Waals surface area contributed by atoms with E-state index in [1.165, 1.54) is 35.6 Å². The average Bonchev–Trinajstić information content (AvgIpc) is 3.01. The number of hydrogen-bond acceptors (Lipinski definition) is 1. The maximum absolute atomic E-state index is 14.0. The molecular formula is C19H14F6N2O. The van der Waals surface area contributed by atoms with E-state index < -0.39 is 29.4 Å². The molecule has 1 amide bonds. The van der Waals surface area contributed by atoms with Crippen molar-refractivity contribution in [1.29, 1.82) is 0 Å². The highest BCUT2D eigenvalue weighted by Gasteiger charge is 2.73. The lowest BCUT2D eigenvalue weighted by Crippen LogP contribution is -2.64. The fraction of sp³-hybridized carbons (Fsp3) is 0.211. The summed E-state index contributed by atoms with van der Waals surface area (Å²) >= 11 is 0. The number of fused-ring (bicyclic) bond motifs is 1. The van der Waals surface area contributed by atoms with E-state index in [0.717, 1.165) is 12.1 Å². The second kappa shape index (κ2) is 6.57. The molecule has 2 N–H and O–H groups in total. The number of benzene rings is 2. The number of para-hydroxylation sites is 1. The Morgan fingerprint density at radius 2 is 1.57 bits per heavy atom. The van der Waals surface area contributed by atoms with Crippen LogP contribution in [0, 0.1) is 6.92 Å². The highest BCUT2D eigenvalue weighted by molar-refractivity contribution is 5.96. The summed E-state index contributed by atoms with van der Waals surface area (Å²) in [6.07, 6.45) is -11.1. The van der Waals surface area contributed by atoms with Gasteiger partial charge >= 0.3 is 12.4 Å². The summed E-state index contributed by atoms with van der Waals surface area (Å²) in [7, 11) is 0. The van der Waals surface area contributed by atoms with Gasteiger partial charge in [-0.2, -0.15) is 26.3 Å². The van der Waals surface area contributed by atoms with Crippen LogP contribution in [0.4, 0.5) is 26.3 Å². The Bertz CT molecular complexity index is 1000. The minimum atomic E-state index is -5.85. The van der Waals surface area contributed by atoms with E-state index in [0.29, 0.717) is 11.8 Å². The molecule has 0 aliphatic rings. The molecule has 3 aromatic rings. The third-order valence-electron chi connectivity index (χ3n) is 4.42. The second-order valence-corrected chi connectivity index (χ2v) is 6.32. The number of carbonyl (C=O) groups excluding carboxylic acids is 1. The molecule has 0 atom stereocenters. The molecule has 3 rings (SSSR count). The number of hydrogen-bond donors (Lipinski definition) is 2. The van der Waals surface area contributed by atoms with E-state index in [9.17, 15) is 31.1 Å². The summed E-state index contributed by atoms with van der Waals surface area (Å²) in [6.45, 7) is 1.57. The number of H-pyrrole nitrogens is 1. The van der Waals surface area contributed by atoms with Crippen LogP contribution in [0.2, 0.25) is 0 Å². The van der Waals surface area contributed by atoms with Crippen molar-refractivity contribution in [2.75, 3.05) is 0 Å². The molecule has 0 saturated carbocycles. The summed E-state index contributed by atoms with van der Waals surface area (Å²) in [6, 6.07) is 10.6. The van der Waals surface area contributed by atoms with Crippen LogP contribution in [0.5, 0.6) is 0 Å². The summed E-state index contributed by atoms with van der Waals surface area (Å²) in [5.74, 6) is -1.48. The number of nitrogens with one attached hydrogen (secondary N) is 2. The van der Waals surface area contributed by atoms with Crippen molar-refractivity contribution in [2.45, 2.75) is 24.8 Å². The fourth-order valence-electron chi connectivity index (χ4n) is 3.09. The molecule has 9 heteroatoms. The summed E-state index contributed by atoms with van der Waals surface area (Å²) in [4.78, 5) is 14.8. The Kier molecular flexibility index (Phi) is 4.64. The number of aromatic amines is 1. The second-order valence-electron chi connectivity index (χ2n) is 6.32. The van der Waals surface area contributed by atoms with Gasteiger partial charge in [0.05, 0.1) is 0 Å². The first kappa shape index (κ1) is 19.8. The van der Waals surface area contributed by atoms with Crippen LogP contribution in [0.15, 0.2) is 54.7 Å². The molecule has 148 valence electrons. The van der Waals surface area contributed by atoms with Crippen molar-refractivity contribution in [1.82, 2.24) is 10.3 Å². The normalized spacial score (nSPS) is 13.0. The Hall–Kier alpha value is -2.97. The first-order chi connectivity index (χ1) is 13.0. The number of halogens is 6. The molecule has 0 aliphatic carbocycles. The maximum Gasteiger partial charge on any atom is 0.424 e. The smallest absolute Gasteiger partial charge is 0.361 e. The molecule has 28 heavy (non-hydrogen) atoms. The SMILES string of the molecule is Cc1cccc(C(=O)NC(c2c[nH]c3ccccc23)(C(F)(F)F)C(F)(F)F)c1. The Morgan fingerprint density at radius 1 is 0.929 bits per heavy atom. The zero-order valence-corrected chi connectivity index (χ0v) is 14.4. The van der Waals surface area contributed by atoms with Gasteiger partial charge in [-0.3, -0.25) is 4.79 Å². The van der Waals surface area contributed by atoms with Gasteiger partial charge in [0.1, 0.15) is 0 Å². The minimum Gasteiger partial charge on any atom is -0.361 e. The molecule has 0 radical (unpaired) electrons. The zero-order chi connectivity index (χ0) is 20.7. The number of aryl methyl sites for hydroxylation is 1. The first-order valence-corrected chi connectivity index (χ1v) is 8.06. The molecule has 0 unspecified atom stereocenters. The molecule has 0 saturated heterocycles. The lowest BCUT2D eigenvalue weighted by Gasteiger charge is -2.37. The van der Waals surface area contributed by atoms with Crippen LogP contribution < -0.4 is 5.32 Å². The van der Waals surface area contributed by atoms with Crippen molar-refractivity contribution in [2.24, 2.45) is 0 Å². The molecule has 0 spiro atoms. The Labute approximate surface area is 155 Å². The van der Waals surface area contributed by atoms with Crippen molar-refractivity contribution in [3.8, 4) is 0 Å². The number of aromatic nitrogens is 1. The maximum atomic E-state index is 14.0. The van der Waals surface area contributed by atoms with Crippen molar-refractivity contribution < 1.29 is 31.1 Å². The zero-order valence-electron chi connectivity index (χ0n) is 14.4. The third kappa shape index (κ3) is 3.10. The topological polar surface area (TPSA) is 44.9 Å². The van der Waals surface area contributed by atoms with Gasteiger partial charge < -0.3 is 10.3 Å². The van der Waals surface area contributed by atoms with E-state index in [4.69, 9.17) is 0 Å². The van der Waals surface area contributed by atoms with Gasteiger partial charge in [-0.25, -0.2) is 0 Å². The van der Waals surface area contributed by atoms with Gasteiger partial charge in [-0.15, -0.1) is 0 Å². The molecule has 0 bridgehead atoms. The van der Waals surface area contributed by atoms with Crippen LogP contribution in [0.1, 0.15) is 21.5 Å². The number of alkyl halides is 6. The molecule has 3 nitrogen and oxygen atoms in total. The van der Waals surface area contributed by atoms with Crippen molar-refractivity contribution in [3.05, 3.63) is 71.4 Å². The highest BCUT2D eigenvalue weighted by atomic mass is 19.4. The van der Waals surface area contributed by atoms with Gasteiger partial charge in [0, 0.05) is 28.2 Å². The highest BCUT2D eigenvalue weighted by Crippen LogP contribution is 2.52. The Morgan fingerprint density at radius 3 is 2.18 bits per heavy atom. The predicted molar refractivity (Wildman–Crippen MR) is 90.7 cm³/mol. The molecule has 0 aliphatic heterocycles. The largest absolute Gasteiger partial charge is 0.424 e. The van der Waals surface area contributed by atoms with Crippen molar-refractivity contribution >= 4 is 16.8 Å². The van der Waals surface area contributed by atoms with Crippen LogP contribution in [0.25, 0.3) is 10.9 Å². The van der Waals surface area contributed by atoms with E-state index >= 15 is 0 Å². The number of amides is 1. The van der Waals surface area contributed by atoms with E-state index in [-0.39, 0.29) is 16.5 Å². The van der Waals surface area contributed by atoms with Crippen LogP contribution >= 0.6 is 0 Å². The molecular weight excluding hydrogens is 386 g/mol. The summed E-state index contributed by atoms with van der Waals surface area (Å²) < 4.78 is 83.8. The minimum absolute atomic E-state index is 0.0835. The third-order valence-corrected chi connectivity index (χ3v) is 4.42. The van der Waals surface area contributed by atoms with Gasteiger partial charge in [0.15, 0.2) is 0 Å². The predicted octanol–water partition coefficient (Wildman–Crippen LogP) is 5.23. The summed E-state index contributed by atoms with van der Waals surface area (Å²) in [5, 5.41) is 0.949. The monoisotopic (exact) mass is 400 g/mol. The quantitative estimate of drug-likeness (QED) is 0.582. The van der Waals surface area contributed by atoms with E-state index in [1.54, 1.807) is 13.0 Å². The molecule has 1 aromatic heterocycles. The standard InChI is InChI=1S/C19H14F6N2O/c1-11-5-4-6-12(9-11)16(28)27-17(18(20,21)22,19(23,24)25)14-10-26-15-8-3-2-7-13(14)15/h2-10,26H,1H3,(H,27,28). The van der Waals surface area contributed by atoms with E-state index in [1.807, 2.05) is 0 Å². The van der Waals surface area contributed by atoms with Gasteiger partial charge in [-0.05, 0) is 25.1 Å². The lowest BCUT2D eigenvalue weighted by molar-refractivity contribution is -0.309. The number of carbonyl (C=O) groups is 1. The summed E-state index contributed by atoms with van der Waals surface area (Å²) in [5.41, 5.74) is -5.41. The van der Waals surface area contributed by atoms with Gasteiger partial charge in [-0.1, -0.05) is 35.9 Å². The molecule has 1 heterocycles. The lowest BCUT2D eigenvalue weighted by atomic mass is 9.87. The van der Waals surface area contributed by atoms with Crippen LogP contribution in [0.3, 0.4) is 0 Å². The van der Waals surface area contributed by atoms with Crippen LogP contribution in [-0.2, 0) is 5.54 Å². The fourth-order valence-corrected chi connectivity index (χ4v) is 3.09. The Balaban J connectivity index is 2.24. The molecule has 2 aromatic carbocycles. The van der Waals surface area contributed by atoms with E-state index in [2.05, 4.69) is 4.98 Å². The number of rotatable bonds is 3.